The summed E-state index contributed by atoms with van der Waals surface area (Å²) in [6.45, 7) is 5.91. The summed E-state index contributed by atoms with van der Waals surface area (Å²) in [4.78, 5) is 15.0. The number of aryl methyl sites for hydroxylation is 1. The van der Waals surface area contributed by atoms with Gasteiger partial charge in [-0.15, -0.1) is 0 Å². The molecular weight excluding hydrogens is 178 g/mol. The topological polar surface area (TPSA) is 50.2 Å². The summed E-state index contributed by atoms with van der Waals surface area (Å²) in [7, 11) is 0. The lowest BCUT2D eigenvalue weighted by Gasteiger charge is -2.09. The van der Waals surface area contributed by atoms with Gasteiger partial charge in [0.25, 0.3) is 0 Å². The molecule has 0 aliphatic heterocycles. The summed E-state index contributed by atoms with van der Waals surface area (Å²) in [5.41, 5.74) is 1.85. The van der Waals surface area contributed by atoms with Gasteiger partial charge in [-0.3, -0.25) is 4.98 Å². The third kappa shape index (κ3) is 2.10. The van der Waals surface area contributed by atoms with Crippen LogP contribution in [0.1, 0.15) is 47.9 Å². The molecule has 1 atom stereocenters. The summed E-state index contributed by atoms with van der Waals surface area (Å²) in [5, 5.41) is 8.81. The number of nitrogens with zero attached hydrogens (tertiary/aromatic N) is 1. The Labute approximate surface area is 83.8 Å². The van der Waals surface area contributed by atoms with Crippen LogP contribution in [0, 0.1) is 6.92 Å². The van der Waals surface area contributed by atoms with Gasteiger partial charge < -0.3 is 5.11 Å². The lowest BCUT2D eigenvalue weighted by Crippen LogP contribution is -2.05. The second kappa shape index (κ2) is 4.22. The van der Waals surface area contributed by atoms with Crippen molar-refractivity contribution >= 4 is 5.97 Å². The fraction of sp³-hybridized carbons (Fsp3) is 0.455. The van der Waals surface area contributed by atoms with Gasteiger partial charge in [0.1, 0.15) is 0 Å². The minimum atomic E-state index is -0.911. The highest BCUT2D eigenvalue weighted by molar-refractivity contribution is 5.88. The Hall–Kier alpha value is -1.38. The smallest absolute Gasteiger partial charge is 0.337 e. The normalized spacial score (nSPS) is 12.5. The molecule has 76 valence electrons. The van der Waals surface area contributed by atoms with Crippen molar-refractivity contribution < 1.29 is 9.90 Å². The highest BCUT2D eigenvalue weighted by Gasteiger charge is 2.10. The summed E-state index contributed by atoms with van der Waals surface area (Å²) < 4.78 is 0. The SMILES string of the molecule is CCC(C)c1ccc(C(=O)O)c(C)n1. The molecule has 0 aliphatic rings. The molecule has 1 unspecified atom stereocenters. The number of carboxylic acid groups (broad SMARTS) is 1. The van der Waals surface area contributed by atoms with Gasteiger partial charge in [0.2, 0.25) is 0 Å². The Kier molecular flexibility index (Phi) is 3.23. The molecule has 1 N–H and O–H groups in total. The number of aromatic carboxylic acids is 1. The van der Waals surface area contributed by atoms with E-state index in [0.717, 1.165) is 12.1 Å². The number of aromatic nitrogens is 1. The Balaban J connectivity index is 3.06. The van der Waals surface area contributed by atoms with Gasteiger partial charge in [0.05, 0.1) is 11.3 Å². The Morgan fingerprint density at radius 1 is 1.57 bits per heavy atom. The molecular formula is C11H15NO2. The number of hydrogen-bond donors (Lipinski definition) is 1. The molecule has 0 fully saturated rings. The van der Waals surface area contributed by atoms with Gasteiger partial charge in [-0.05, 0) is 31.4 Å². The highest BCUT2D eigenvalue weighted by atomic mass is 16.4. The van der Waals surface area contributed by atoms with E-state index in [1.807, 2.05) is 0 Å². The number of carbonyl (C=O) groups is 1. The van der Waals surface area contributed by atoms with Crippen molar-refractivity contribution in [3.8, 4) is 0 Å². The van der Waals surface area contributed by atoms with Crippen LogP contribution in [0.2, 0.25) is 0 Å². The van der Waals surface area contributed by atoms with Gasteiger partial charge in [-0.2, -0.15) is 0 Å². The standard InChI is InChI=1S/C11H15NO2/c1-4-7(2)10-6-5-9(11(13)14)8(3)12-10/h5-7H,4H2,1-3H3,(H,13,14). The molecule has 1 rings (SSSR count). The molecule has 1 aromatic rings. The van der Waals surface area contributed by atoms with Crippen LogP contribution in [0.5, 0.6) is 0 Å². The van der Waals surface area contributed by atoms with E-state index in [9.17, 15) is 4.79 Å². The second-order valence-corrected chi connectivity index (χ2v) is 3.48. The van der Waals surface area contributed by atoms with Crippen molar-refractivity contribution in [1.29, 1.82) is 0 Å². The highest BCUT2D eigenvalue weighted by Crippen LogP contribution is 2.17. The lowest BCUT2D eigenvalue weighted by molar-refractivity contribution is 0.0695. The third-order valence-corrected chi connectivity index (χ3v) is 2.46. The van der Waals surface area contributed by atoms with Crippen LogP contribution in [0.15, 0.2) is 12.1 Å². The second-order valence-electron chi connectivity index (χ2n) is 3.48. The van der Waals surface area contributed by atoms with Crippen molar-refractivity contribution in [2.24, 2.45) is 0 Å². The first-order chi connectivity index (χ1) is 6.56. The molecule has 0 bridgehead atoms. The van der Waals surface area contributed by atoms with Crippen molar-refractivity contribution in [3.05, 3.63) is 29.1 Å². The molecule has 1 heterocycles. The van der Waals surface area contributed by atoms with Crippen molar-refractivity contribution in [2.45, 2.75) is 33.1 Å². The predicted octanol–water partition coefficient (Wildman–Crippen LogP) is 2.60. The van der Waals surface area contributed by atoms with E-state index < -0.39 is 5.97 Å². The molecule has 3 nitrogen and oxygen atoms in total. The van der Waals surface area contributed by atoms with Crippen molar-refractivity contribution in [3.63, 3.8) is 0 Å². The largest absolute Gasteiger partial charge is 0.478 e. The third-order valence-electron chi connectivity index (χ3n) is 2.46. The predicted molar refractivity (Wildman–Crippen MR) is 54.6 cm³/mol. The Bertz CT molecular complexity index is 347. The van der Waals surface area contributed by atoms with Crippen LogP contribution < -0.4 is 0 Å². The molecule has 14 heavy (non-hydrogen) atoms. The van der Waals surface area contributed by atoms with E-state index in [1.54, 1.807) is 19.1 Å². The number of hydrogen-bond acceptors (Lipinski definition) is 2. The fourth-order valence-corrected chi connectivity index (χ4v) is 1.29. The molecule has 0 amide bonds. The molecule has 0 spiro atoms. The Morgan fingerprint density at radius 2 is 2.21 bits per heavy atom. The Morgan fingerprint density at radius 3 is 2.64 bits per heavy atom. The monoisotopic (exact) mass is 193 g/mol. The van der Waals surface area contributed by atoms with Gasteiger partial charge in [-0.1, -0.05) is 13.8 Å². The van der Waals surface area contributed by atoms with Crippen LogP contribution in [0.25, 0.3) is 0 Å². The minimum Gasteiger partial charge on any atom is -0.478 e. The van der Waals surface area contributed by atoms with Crippen LogP contribution in [-0.4, -0.2) is 16.1 Å². The summed E-state index contributed by atoms with van der Waals surface area (Å²) in [6, 6.07) is 3.43. The van der Waals surface area contributed by atoms with E-state index in [-0.39, 0.29) is 5.56 Å². The average Bonchev–Trinajstić information content (AvgIpc) is 2.15. The zero-order valence-electron chi connectivity index (χ0n) is 8.74. The summed E-state index contributed by atoms with van der Waals surface area (Å²) in [6.07, 6.45) is 1.01. The molecule has 1 aromatic heterocycles. The van der Waals surface area contributed by atoms with Crippen LogP contribution in [0.3, 0.4) is 0 Å². The molecule has 0 radical (unpaired) electrons. The van der Waals surface area contributed by atoms with Gasteiger partial charge >= 0.3 is 5.97 Å². The van der Waals surface area contributed by atoms with E-state index >= 15 is 0 Å². The fourth-order valence-electron chi connectivity index (χ4n) is 1.29. The molecule has 3 heteroatoms. The molecule has 0 saturated carbocycles. The van der Waals surface area contributed by atoms with Crippen LogP contribution in [-0.2, 0) is 0 Å². The van der Waals surface area contributed by atoms with E-state index in [4.69, 9.17) is 5.11 Å². The van der Waals surface area contributed by atoms with E-state index in [1.165, 1.54) is 0 Å². The lowest BCUT2D eigenvalue weighted by atomic mass is 10.0. The van der Waals surface area contributed by atoms with E-state index in [2.05, 4.69) is 18.8 Å². The maximum Gasteiger partial charge on any atom is 0.337 e. The number of rotatable bonds is 3. The molecule has 0 saturated heterocycles. The summed E-state index contributed by atoms with van der Waals surface area (Å²) in [5.74, 6) is -0.526. The first-order valence-corrected chi connectivity index (χ1v) is 4.77. The average molecular weight is 193 g/mol. The van der Waals surface area contributed by atoms with E-state index in [0.29, 0.717) is 11.6 Å². The zero-order valence-corrected chi connectivity index (χ0v) is 8.74. The van der Waals surface area contributed by atoms with Crippen LogP contribution in [0.4, 0.5) is 0 Å². The van der Waals surface area contributed by atoms with Crippen molar-refractivity contribution in [2.75, 3.05) is 0 Å². The minimum absolute atomic E-state index is 0.289. The number of pyridine rings is 1. The summed E-state index contributed by atoms with van der Waals surface area (Å²) >= 11 is 0. The van der Waals surface area contributed by atoms with Gasteiger partial charge in [0, 0.05) is 5.69 Å². The maximum absolute atomic E-state index is 10.7. The molecule has 0 aliphatic carbocycles. The van der Waals surface area contributed by atoms with Crippen molar-refractivity contribution in [1.82, 2.24) is 4.98 Å². The molecule has 0 aromatic carbocycles. The quantitative estimate of drug-likeness (QED) is 0.802. The van der Waals surface area contributed by atoms with Crippen LogP contribution >= 0.6 is 0 Å². The van der Waals surface area contributed by atoms with Gasteiger partial charge in [0.15, 0.2) is 0 Å². The zero-order chi connectivity index (χ0) is 10.7. The first kappa shape index (κ1) is 10.7. The first-order valence-electron chi connectivity index (χ1n) is 4.77. The van der Waals surface area contributed by atoms with Gasteiger partial charge in [-0.25, -0.2) is 4.79 Å². The number of carboxylic acids is 1. The maximum atomic E-state index is 10.7.